The van der Waals surface area contributed by atoms with E-state index in [1.807, 2.05) is 0 Å². The van der Waals surface area contributed by atoms with Gasteiger partial charge in [0.25, 0.3) is 0 Å². The molecule has 56 valence electrons. The van der Waals surface area contributed by atoms with Crippen molar-refractivity contribution in [2.24, 2.45) is 5.16 Å². The van der Waals surface area contributed by atoms with Crippen molar-refractivity contribution in [1.29, 1.82) is 0 Å². The minimum Gasteiger partial charge on any atom is -0.396 e. The fourth-order valence-electron chi connectivity index (χ4n) is 0.305. The second-order valence-corrected chi connectivity index (χ2v) is 1.49. The van der Waals surface area contributed by atoms with Crippen molar-refractivity contribution in [3.8, 4) is 0 Å². The highest BCUT2D eigenvalue weighted by Crippen LogP contribution is 1.76. The van der Waals surface area contributed by atoms with Crippen molar-refractivity contribution in [2.45, 2.75) is 13.3 Å². The Morgan fingerprint density at radius 1 is 1.70 bits per heavy atom. The summed E-state index contributed by atoms with van der Waals surface area (Å²) in [4.78, 5) is 24.7. The Balaban J connectivity index is 3.45. The third-order valence-corrected chi connectivity index (χ3v) is 0.685. The maximum absolute atomic E-state index is 10.5. The lowest BCUT2D eigenvalue weighted by atomic mass is 10.3. The Hall–Kier alpha value is -1.19. The molecule has 4 heteroatoms. The van der Waals surface area contributed by atoms with Gasteiger partial charge < -0.3 is 9.63 Å². The number of ketones is 1. The summed E-state index contributed by atoms with van der Waals surface area (Å²) in [5, 5.41) is 3.27. The zero-order chi connectivity index (χ0) is 7.82. The highest BCUT2D eigenvalue weighted by atomic mass is 16.6. The Morgan fingerprint density at radius 3 is 2.90 bits per heavy atom. The van der Waals surface area contributed by atoms with Crippen LogP contribution in [0.5, 0.6) is 0 Å². The van der Waals surface area contributed by atoms with Crippen molar-refractivity contribution in [3.63, 3.8) is 0 Å². The van der Waals surface area contributed by atoms with E-state index in [0.717, 1.165) is 6.21 Å². The quantitative estimate of drug-likeness (QED) is 0.238. The molecule has 0 aliphatic carbocycles. The molecule has 10 heavy (non-hydrogen) atoms. The molecule has 0 aromatic carbocycles. The summed E-state index contributed by atoms with van der Waals surface area (Å²) in [6, 6.07) is 0. The predicted octanol–water partition coefficient (Wildman–Crippen LogP) is 0.167. The van der Waals surface area contributed by atoms with E-state index in [1.54, 1.807) is 6.92 Å². The molecule has 0 aliphatic rings. The molecule has 0 unspecified atom stereocenters. The molecule has 0 saturated heterocycles. The van der Waals surface area contributed by atoms with Crippen molar-refractivity contribution >= 4 is 18.3 Å². The number of hydrogen-bond acceptors (Lipinski definition) is 4. The molecule has 0 aliphatic heterocycles. The molecule has 0 amide bonds. The van der Waals surface area contributed by atoms with E-state index in [2.05, 4.69) is 9.99 Å². The van der Waals surface area contributed by atoms with Crippen molar-refractivity contribution in [1.82, 2.24) is 0 Å². The second-order valence-electron chi connectivity index (χ2n) is 1.49. The van der Waals surface area contributed by atoms with Gasteiger partial charge in [0.15, 0.2) is 5.78 Å². The van der Waals surface area contributed by atoms with E-state index in [0.29, 0.717) is 12.9 Å². The Morgan fingerprint density at radius 2 is 2.40 bits per heavy atom. The first-order valence-electron chi connectivity index (χ1n) is 2.93. The van der Waals surface area contributed by atoms with Crippen LogP contribution in [0.4, 0.5) is 0 Å². The lowest BCUT2D eigenvalue weighted by molar-refractivity contribution is -0.117. The maximum atomic E-state index is 10.5. The van der Waals surface area contributed by atoms with Crippen LogP contribution in [0.1, 0.15) is 13.3 Å². The monoisotopic (exact) mass is 143 g/mol. The number of carbonyl (C=O) groups excluding carboxylic acids is 2. The molecule has 0 spiro atoms. The fraction of sp³-hybridized carbons (Fsp3) is 0.500. The summed E-state index contributed by atoms with van der Waals surface area (Å²) >= 11 is 0. The van der Waals surface area contributed by atoms with Crippen molar-refractivity contribution in [3.05, 3.63) is 0 Å². The molecule has 0 radical (unpaired) electrons. The fourth-order valence-corrected chi connectivity index (χ4v) is 0.305. The number of Topliss-reactive ketones (excluding diaryl/α,β-unsaturated/α-hetero) is 1. The van der Waals surface area contributed by atoms with Crippen LogP contribution < -0.4 is 0 Å². The summed E-state index contributed by atoms with van der Waals surface area (Å²) in [7, 11) is 0. The van der Waals surface area contributed by atoms with Gasteiger partial charge in [-0.3, -0.25) is 4.79 Å². The van der Waals surface area contributed by atoms with E-state index in [9.17, 15) is 9.59 Å². The average Bonchev–Trinajstić information content (AvgIpc) is 1.89. The number of carbonyl (C=O) groups is 2. The van der Waals surface area contributed by atoms with E-state index in [1.165, 1.54) is 0 Å². The molecular formula is C6H9NO3. The van der Waals surface area contributed by atoms with Gasteiger partial charge in [-0.2, -0.15) is 0 Å². The summed E-state index contributed by atoms with van der Waals surface area (Å²) < 4.78 is 0. The first-order valence-corrected chi connectivity index (χ1v) is 2.93. The predicted molar refractivity (Wildman–Crippen MR) is 35.8 cm³/mol. The van der Waals surface area contributed by atoms with Crippen LogP contribution in [0, 0.1) is 0 Å². The number of oxime groups is 1. The van der Waals surface area contributed by atoms with E-state index >= 15 is 0 Å². The highest BCUT2D eigenvalue weighted by Gasteiger charge is 1.93. The molecule has 0 N–H and O–H groups in total. The minimum absolute atomic E-state index is 0.128. The Bertz CT molecular complexity index is 142. The highest BCUT2D eigenvalue weighted by molar-refractivity contribution is 6.30. The molecule has 0 rings (SSSR count). The van der Waals surface area contributed by atoms with Gasteiger partial charge in [-0.1, -0.05) is 5.16 Å². The molecule has 0 bridgehead atoms. The molecule has 0 atom stereocenters. The standard InChI is InChI=1S/C6H9NO3/c1-2-10-7-5-6(9)3-4-8/h4-5H,2-3H2,1H3. The summed E-state index contributed by atoms with van der Waals surface area (Å²) in [5.74, 6) is -0.344. The first-order chi connectivity index (χ1) is 4.81. The smallest absolute Gasteiger partial charge is 0.184 e. The van der Waals surface area contributed by atoms with Crippen LogP contribution in [0.25, 0.3) is 0 Å². The minimum atomic E-state index is -0.344. The lowest BCUT2D eigenvalue weighted by Gasteiger charge is -1.87. The van der Waals surface area contributed by atoms with Crippen molar-refractivity contribution in [2.75, 3.05) is 6.61 Å². The number of hydrogen-bond donors (Lipinski definition) is 0. The normalized spacial score (nSPS) is 9.70. The third-order valence-electron chi connectivity index (χ3n) is 0.685. The van der Waals surface area contributed by atoms with E-state index < -0.39 is 0 Å². The van der Waals surface area contributed by atoms with Crippen LogP contribution >= 0.6 is 0 Å². The maximum Gasteiger partial charge on any atom is 0.184 e. The van der Waals surface area contributed by atoms with Gasteiger partial charge >= 0.3 is 0 Å². The van der Waals surface area contributed by atoms with Crippen molar-refractivity contribution < 1.29 is 14.4 Å². The molecule has 4 nitrogen and oxygen atoms in total. The third kappa shape index (κ3) is 4.96. The Labute approximate surface area is 58.8 Å². The van der Waals surface area contributed by atoms with Gasteiger partial charge in [-0.15, -0.1) is 0 Å². The number of aldehydes is 1. The van der Waals surface area contributed by atoms with Crippen LogP contribution in [0.15, 0.2) is 5.16 Å². The molecule has 0 fully saturated rings. The lowest BCUT2D eigenvalue weighted by Crippen LogP contribution is -1.99. The average molecular weight is 143 g/mol. The SMILES string of the molecule is CCON=CC(=O)CC=O. The summed E-state index contributed by atoms with van der Waals surface area (Å²) in [6.45, 7) is 2.17. The van der Waals surface area contributed by atoms with Gasteiger partial charge in [-0.05, 0) is 6.92 Å². The van der Waals surface area contributed by atoms with Crippen LogP contribution in [-0.4, -0.2) is 24.9 Å². The van der Waals surface area contributed by atoms with Crippen LogP contribution in [-0.2, 0) is 14.4 Å². The van der Waals surface area contributed by atoms with Gasteiger partial charge in [0.2, 0.25) is 0 Å². The first kappa shape index (κ1) is 8.81. The summed E-state index contributed by atoms with van der Waals surface area (Å²) in [5.41, 5.74) is 0. The largest absolute Gasteiger partial charge is 0.396 e. The zero-order valence-electron chi connectivity index (χ0n) is 5.74. The van der Waals surface area contributed by atoms with Gasteiger partial charge in [0, 0.05) is 0 Å². The number of nitrogens with zero attached hydrogens (tertiary/aromatic N) is 1. The Kier molecular flexibility index (Phi) is 5.23. The summed E-state index contributed by atoms with van der Waals surface area (Å²) in [6.07, 6.45) is 1.40. The second kappa shape index (κ2) is 5.94. The zero-order valence-corrected chi connectivity index (χ0v) is 5.74. The molecule has 0 aromatic heterocycles. The van der Waals surface area contributed by atoms with E-state index in [4.69, 9.17) is 0 Å². The molecule has 0 heterocycles. The van der Waals surface area contributed by atoms with Gasteiger partial charge in [-0.25, -0.2) is 0 Å². The molecule has 0 saturated carbocycles. The topological polar surface area (TPSA) is 55.7 Å². The van der Waals surface area contributed by atoms with Gasteiger partial charge in [0.05, 0.1) is 6.42 Å². The van der Waals surface area contributed by atoms with Crippen LogP contribution in [0.2, 0.25) is 0 Å². The number of rotatable bonds is 5. The van der Waals surface area contributed by atoms with E-state index in [-0.39, 0.29) is 12.2 Å². The van der Waals surface area contributed by atoms with Crippen LogP contribution in [0.3, 0.4) is 0 Å². The molecular weight excluding hydrogens is 134 g/mol. The molecule has 0 aromatic rings. The van der Waals surface area contributed by atoms with Gasteiger partial charge in [0.1, 0.15) is 19.1 Å².